The molecule has 1 aliphatic heterocycles. The van der Waals surface area contributed by atoms with Crippen molar-refractivity contribution in [3.63, 3.8) is 0 Å². The molecule has 110 valence electrons. The van der Waals surface area contributed by atoms with Crippen molar-refractivity contribution < 1.29 is 9.47 Å². The Morgan fingerprint density at radius 1 is 1.29 bits per heavy atom. The van der Waals surface area contributed by atoms with Crippen LogP contribution in [0.25, 0.3) is 0 Å². The van der Waals surface area contributed by atoms with Crippen molar-refractivity contribution in [1.29, 1.82) is 0 Å². The van der Waals surface area contributed by atoms with Crippen molar-refractivity contribution in [2.24, 2.45) is 5.84 Å². The standard InChI is InChI=1S/C16H17ClN2O2/c1-20-14-9-11(17)5-6-12(14)15(19-18)13-4-2-3-10-7-8-21-16(10)13/h2-6,9,15,19H,7-8,18H2,1H3. The minimum absolute atomic E-state index is 0.217. The summed E-state index contributed by atoms with van der Waals surface area (Å²) in [6.07, 6.45) is 0.929. The van der Waals surface area contributed by atoms with E-state index in [1.165, 1.54) is 5.56 Å². The predicted octanol–water partition coefficient (Wildman–Crippen LogP) is 2.84. The second-order valence-electron chi connectivity index (χ2n) is 4.92. The quantitative estimate of drug-likeness (QED) is 0.673. The van der Waals surface area contributed by atoms with Gasteiger partial charge in [0.05, 0.1) is 19.8 Å². The number of hydrogen-bond acceptors (Lipinski definition) is 4. The molecule has 1 atom stereocenters. The van der Waals surface area contributed by atoms with E-state index >= 15 is 0 Å². The van der Waals surface area contributed by atoms with Crippen LogP contribution in [0.5, 0.6) is 11.5 Å². The van der Waals surface area contributed by atoms with Gasteiger partial charge in [-0.2, -0.15) is 0 Å². The molecule has 1 aliphatic rings. The smallest absolute Gasteiger partial charge is 0.127 e. The fraction of sp³-hybridized carbons (Fsp3) is 0.250. The molecule has 0 fully saturated rings. The maximum atomic E-state index is 6.03. The highest BCUT2D eigenvalue weighted by molar-refractivity contribution is 6.30. The summed E-state index contributed by atoms with van der Waals surface area (Å²) >= 11 is 6.03. The molecule has 0 amide bonds. The molecule has 0 saturated carbocycles. The summed E-state index contributed by atoms with van der Waals surface area (Å²) in [6.45, 7) is 0.710. The van der Waals surface area contributed by atoms with Crippen molar-refractivity contribution in [1.82, 2.24) is 5.43 Å². The molecule has 5 heteroatoms. The van der Waals surface area contributed by atoms with Crippen LogP contribution in [-0.2, 0) is 6.42 Å². The van der Waals surface area contributed by atoms with Crippen LogP contribution in [0, 0.1) is 0 Å². The van der Waals surface area contributed by atoms with Crippen molar-refractivity contribution in [3.05, 3.63) is 58.1 Å². The summed E-state index contributed by atoms with van der Waals surface area (Å²) in [6, 6.07) is 11.4. The molecular formula is C16H17ClN2O2. The van der Waals surface area contributed by atoms with Gasteiger partial charge in [0.15, 0.2) is 0 Å². The van der Waals surface area contributed by atoms with E-state index in [-0.39, 0.29) is 6.04 Å². The van der Waals surface area contributed by atoms with Crippen LogP contribution >= 0.6 is 11.6 Å². The predicted molar refractivity (Wildman–Crippen MR) is 82.8 cm³/mol. The Hall–Kier alpha value is -1.75. The van der Waals surface area contributed by atoms with Gasteiger partial charge in [0.1, 0.15) is 11.5 Å². The number of ether oxygens (including phenoxy) is 2. The number of nitrogens with one attached hydrogen (secondary N) is 1. The van der Waals surface area contributed by atoms with Gasteiger partial charge in [-0.15, -0.1) is 0 Å². The first-order chi connectivity index (χ1) is 10.2. The average Bonchev–Trinajstić information content (AvgIpc) is 2.98. The Morgan fingerprint density at radius 3 is 2.90 bits per heavy atom. The number of hydrogen-bond donors (Lipinski definition) is 2. The minimum atomic E-state index is -0.217. The van der Waals surface area contributed by atoms with Crippen LogP contribution < -0.4 is 20.7 Å². The number of fused-ring (bicyclic) bond motifs is 1. The van der Waals surface area contributed by atoms with Gasteiger partial charge >= 0.3 is 0 Å². The van der Waals surface area contributed by atoms with E-state index in [0.29, 0.717) is 17.4 Å². The number of methoxy groups -OCH3 is 1. The molecule has 0 aliphatic carbocycles. The molecule has 1 unspecified atom stereocenters. The minimum Gasteiger partial charge on any atom is -0.496 e. The highest BCUT2D eigenvalue weighted by atomic mass is 35.5. The normalized spacial score (nSPS) is 14.4. The lowest BCUT2D eigenvalue weighted by atomic mass is 9.95. The topological polar surface area (TPSA) is 56.5 Å². The second kappa shape index (κ2) is 5.93. The summed E-state index contributed by atoms with van der Waals surface area (Å²) in [5.41, 5.74) is 6.00. The zero-order chi connectivity index (χ0) is 14.8. The number of benzene rings is 2. The molecular weight excluding hydrogens is 288 g/mol. The lowest BCUT2D eigenvalue weighted by Gasteiger charge is -2.21. The van der Waals surface area contributed by atoms with Crippen LogP contribution in [0.15, 0.2) is 36.4 Å². The van der Waals surface area contributed by atoms with E-state index in [1.54, 1.807) is 13.2 Å². The average molecular weight is 305 g/mol. The number of halogens is 1. The Balaban J connectivity index is 2.09. The van der Waals surface area contributed by atoms with E-state index in [4.69, 9.17) is 26.9 Å². The molecule has 0 radical (unpaired) electrons. The molecule has 1 heterocycles. The summed E-state index contributed by atoms with van der Waals surface area (Å²) < 4.78 is 11.2. The molecule has 4 nitrogen and oxygen atoms in total. The summed E-state index contributed by atoms with van der Waals surface area (Å²) in [7, 11) is 1.62. The van der Waals surface area contributed by atoms with Crippen LogP contribution in [0.1, 0.15) is 22.7 Å². The van der Waals surface area contributed by atoms with Gasteiger partial charge in [0, 0.05) is 22.6 Å². The lowest BCUT2D eigenvalue weighted by Crippen LogP contribution is -2.29. The lowest BCUT2D eigenvalue weighted by molar-refractivity contribution is 0.349. The van der Waals surface area contributed by atoms with Crippen LogP contribution in [-0.4, -0.2) is 13.7 Å². The first-order valence-corrected chi connectivity index (χ1v) is 7.16. The fourth-order valence-corrected chi connectivity index (χ4v) is 2.90. The summed E-state index contributed by atoms with van der Waals surface area (Å²) in [5, 5.41) is 0.626. The van der Waals surface area contributed by atoms with Crippen molar-refractivity contribution in [3.8, 4) is 11.5 Å². The van der Waals surface area contributed by atoms with Gasteiger partial charge in [0.25, 0.3) is 0 Å². The maximum Gasteiger partial charge on any atom is 0.127 e. The van der Waals surface area contributed by atoms with Gasteiger partial charge in [-0.3, -0.25) is 5.84 Å². The SMILES string of the molecule is COc1cc(Cl)ccc1C(NN)c1cccc2c1OCC2. The molecule has 2 aromatic carbocycles. The number of nitrogens with two attached hydrogens (primary N) is 1. The Labute approximate surface area is 128 Å². The third kappa shape index (κ3) is 2.58. The first kappa shape index (κ1) is 14.2. The van der Waals surface area contributed by atoms with E-state index in [1.807, 2.05) is 24.3 Å². The summed E-state index contributed by atoms with van der Waals surface area (Å²) in [5.74, 6) is 7.41. The van der Waals surface area contributed by atoms with Gasteiger partial charge in [-0.1, -0.05) is 35.9 Å². The summed E-state index contributed by atoms with van der Waals surface area (Å²) in [4.78, 5) is 0. The highest BCUT2D eigenvalue weighted by Gasteiger charge is 2.24. The first-order valence-electron chi connectivity index (χ1n) is 6.78. The zero-order valence-corrected chi connectivity index (χ0v) is 12.5. The van der Waals surface area contributed by atoms with Crippen molar-refractivity contribution >= 4 is 11.6 Å². The molecule has 0 bridgehead atoms. The third-order valence-corrected chi connectivity index (χ3v) is 3.96. The number of hydrazine groups is 1. The maximum absolute atomic E-state index is 6.03. The number of rotatable bonds is 4. The van der Waals surface area contributed by atoms with Gasteiger partial charge in [-0.25, -0.2) is 5.43 Å². The van der Waals surface area contributed by atoms with Crippen LogP contribution in [0.4, 0.5) is 0 Å². The van der Waals surface area contributed by atoms with Gasteiger partial charge < -0.3 is 9.47 Å². The molecule has 2 aromatic rings. The van der Waals surface area contributed by atoms with Crippen LogP contribution in [0.3, 0.4) is 0 Å². The van der Waals surface area contributed by atoms with Crippen molar-refractivity contribution in [2.45, 2.75) is 12.5 Å². The Morgan fingerprint density at radius 2 is 2.14 bits per heavy atom. The fourth-order valence-electron chi connectivity index (χ4n) is 2.74. The Kier molecular flexibility index (Phi) is 4.01. The van der Waals surface area contributed by atoms with E-state index < -0.39 is 0 Å². The monoisotopic (exact) mass is 304 g/mol. The van der Waals surface area contributed by atoms with Gasteiger partial charge in [0.2, 0.25) is 0 Å². The largest absolute Gasteiger partial charge is 0.496 e. The Bertz CT molecular complexity index is 661. The molecule has 21 heavy (non-hydrogen) atoms. The van der Waals surface area contributed by atoms with E-state index in [0.717, 1.165) is 23.3 Å². The molecule has 3 N–H and O–H groups in total. The van der Waals surface area contributed by atoms with Gasteiger partial charge in [-0.05, 0) is 17.7 Å². The zero-order valence-electron chi connectivity index (χ0n) is 11.7. The third-order valence-electron chi connectivity index (χ3n) is 3.73. The van der Waals surface area contributed by atoms with E-state index in [9.17, 15) is 0 Å². The number of para-hydroxylation sites is 1. The van der Waals surface area contributed by atoms with Crippen molar-refractivity contribution in [2.75, 3.05) is 13.7 Å². The molecule has 0 spiro atoms. The van der Waals surface area contributed by atoms with Crippen LogP contribution in [0.2, 0.25) is 5.02 Å². The molecule has 3 rings (SSSR count). The van der Waals surface area contributed by atoms with E-state index in [2.05, 4.69) is 11.5 Å². The molecule has 0 aromatic heterocycles. The highest BCUT2D eigenvalue weighted by Crippen LogP contribution is 2.39. The second-order valence-corrected chi connectivity index (χ2v) is 5.36. The molecule has 0 saturated heterocycles.